The lowest BCUT2D eigenvalue weighted by Gasteiger charge is -2.36. The molecular weight excluding hydrogens is 264 g/mol. The van der Waals surface area contributed by atoms with Gasteiger partial charge >= 0.3 is 0 Å². The first-order valence-electron chi connectivity index (χ1n) is 8.42. The lowest BCUT2D eigenvalue weighted by Crippen LogP contribution is -2.24. The second-order valence-electron chi connectivity index (χ2n) is 8.14. The highest BCUT2D eigenvalue weighted by atomic mass is 14.3. The van der Waals surface area contributed by atoms with Crippen LogP contribution < -0.4 is 0 Å². The van der Waals surface area contributed by atoms with E-state index in [4.69, 9.17) is 0 Å². The van der Waals surface area contributed by atoms with Crippen LogP contribution in [0.2, 0.25) is 0 Å². The Kier molecular flexibility index (Phi) is 6.23. The molecule has 0 amide bonds. The van der Waals surface area contributed by atoms with Gasteiger partial charge in [0, 0.05) is 0 Å². The van der Waals surface area contributed by atoms with E-state index in [1.54, 1.807) is 0 Å². The normalized spacial score (nSPS) is 22.0. The summed E-state index contributed by atoms with van der Waals surface area (Å²) in [5.74, 6) is 0.744. The van der Waals surface area contributed by atoms with Gasteiger partial charge in [-0.15, -0.1) is 0 Å². The van der Waals surface area contributed by atoms with Crippen molar-refractivity contribution < 1.29 is 0 Å². The van der Waals surface area contributed by atoms with Crippen molar-refractivity contribution in [2.24, 2.45) is 11.3 Å². The summed E-state index contributed by atoms with van der Waals surface area (Å²) in [6.07, 6.45) is 8.18. The Morgan fingerprint density at radius 3 is 2.18 bits per heavy atom. The van der Waals surface area contributed by atoms with Gasteiger partial charge in [-0.25, -0.2) is 0 Å². The van der Waals surface area contributed by atoms with E-state index >= 15 is 0 Å². The van der Waals surface area contributed by atoms with E-state index in [9.17, 15) is 0 Å². The molecule has 0 spiro atoms. The minimum Gasteiger partial charge on any atom is -0.0958 e. The van der Waals surface area contributed by atoms with Crippen molar-refractivity contribution in [3.05, 3.63) is 58.7 Å². The zero-order valence-electron chi connectivity index (χ0n) is 15.8. The SMILES string of the molecule is C=C1CCC(C(C)(C)C)C/C1=C/C(/C=C(\C)C(=C)C)=C(C)C. The molecule has 1 rings (SSSR count). The van der Waals surface area contributed by atoms with Crippen LogP contribution in [0, 0.1) is 11.3 Å². The molecule has 1 unspecified atom stereocenters. The van der Waals surface area contributed by atoms with Gasteiger partial charge in [-0.3, -0.25) is 0 Å². The predicted molar refractivity (Wildman–Crippen MR) is 101 cm³/mol. The molecule has 0 heterocycles. The van der Waals surface area contributed by atoms with Crippen molar-refractivity contribution in [1.29, 1.82) is 0 Å². The Morgan fingerprint density at radius 2 is 1.73 bits per heavy atom. The summed E-state index contributed by atoms with van der Waals surface area (Å²) in [6.45, 7) is 24.0. The van der Waals surface area contributed by atoms with Crippen LogP contribution in [-0.2, 0) is 0 Å². The molecule has 1 atom stereocenters. The van der Waals surface area contributed by atoms with E-state index in [1.165, 1.54) is 34.3 Å². The molecule has 0 saturated heterocycles. The second kappa shape index (κ2) is 7.31. The van der Waals surface area contributed by atoms with Crippen molar-refractivity contribution in [3.8, 4) is 0 Å². The molecule has 0 aromatic carbocycles. The van der Waals surface area contributed by atoms with Gasteiger partial charge in [-0.2, -0.15) is 0 Å². The Bertz CT molecular complexity index is 537. The van der Waals surface area contributed by atoms with Gasteiger partial charge in [0.2, 0.25) is 0 Å². The van der Waals surface area contributed by atoms with Gasteiger partial charge in [-0.1, -0.05) is 62.8 Å². The van der Waals surface area contributed by atoms with E-state index in [0.717, 1.165) is 24.3 Å². The van der Waals surface area contributed by atoms with Gasteiger partial charge in [0.1, 0.15) is 0 Å². The van der Waals surface area contributed by atoms with Crippen molar-refractivity contribution in [2.45, 2.75) is 67.7 Å². The first-order chi connectivity index (χ1) is 10.0. The maximum atomic E-state index is 4.31. The summed E-state index contributed by atoms with van der Waals surface area (Å²) in [7, 11) is 0. The van der Waals surface area contributed by atoms with Crippen molar-refractivity contribution in [1.82, 2.24) is 0 Å². The molecule has 0 aromatic heterocycles. The Hall–Kier alpha value is -1.30. The molecule has 0 N–H and O–H groups in total. The lowest BCUT2D eigenvalue weighted by atomic mass is 9.69. The van der Waals surface area contributed by atoms with Crippen molar-refractivity contribution >= 4 is 0 Å². The molecule has 0 heteroatoms. The molecule has 1 aliphatic carbocycles. The van der Waals surface area contributed by atoms with Crippen molar-refractivity contribution in [3.63, 3.8) is 0 Å². The molecule has 0 bridgehead atoms. The molecule has 1 aliphatic rings. The molecule has 122 valence electrons. The Morgan fingerprint density at radius 1 is 1.14 bits per heavy atom. The van der Waals surface area contributed by atoms with Gasteiger partial charge in [0.05, 0.1) is 0 Å². The third-order valence-corrected chi connectivity index (χ3v) is 4.89. The van der Waals surface area contributed by atoms with Gasteiger partial charge in [-0.05, 0) is 75.0 Å². The van der Waals surface area contributed by atoms with E-state index in [-0.39, 0.29) is 0 Å². The first-order valence-corrected chi connectivity index (χ1v) is 8.42. The molecule has 1 saturated carbocycles. The van der Waals surface area contributed by atoms with Crippen LogP contribution in [-0.4, -0.2) is 0 Å². The molecular formula is C22H34. The summed E-state index contributed by atoms with van der Waals surface area (Å²) in [5, 5.41) is 0. The van der Waals surface area contributed by atoms with Crippen LogP contribution in [0.1, 0.15) is 67.7 Å². The summed E-state index contributed by atoms with van der Waals surface area (Å²) >= 11 is 0. The van der Waals surface area contributed by atoms with Crippen LogP contribution in [0.25, 0.3) is 0 Å². The maximum Gasteiger partial charge on any atom is -0.0243 e. The van der Waals surface area contributed by atoms with Crippen LogP contribution >= 0.6 is 0 Å². The molecule has 0 aromatic rings. The quantitative estimate of drug-likeness (QED) is 0.484. The van der Waals surface area contributed by atoms with Crippen LogP contribution in [0.5, 0.6) is 0 Å². The average molecular weight is 299 g/mol. The summed E-state index contributed by atoms with van der Waals surface area (Å²) in [6, 6.07) is 0. The number of allylic oxidation sites excluding steroid dienone is 8. The summed E-state index contributed by atoms with van der Waals surface area (Å²) in [5.41, 5.74) is 8.17. The largest absolute Gasteiger partial charge is 0.0958 e. The van der Waals surface area contributed by atoms with Crippen LogP contribution in [0.4, 0.5) is 0 Å². The fraction of sp³-hybridized carbons (Fsp3) is 0.545. The topological polar surface area (TPSA) is 0 Å². The minimum atomic E-state index is 0.369. The Balaban J connectivity index is 3.15. The predicted octanol–water partition coefficient (Wildman–Crippen LogP) is 7.17. The number of hydrogen-bond acceptors (Lipinski definition) is 0. The molecule has 1 fully saturated rings. The van der Waals surface area contributed by atoms with E-state index in [1.807, 2.05) is 0 Å². The second-order valence-corrected chi connectivity index (χ2v) is 8.14. The standard InChI is InChI=1S/C22H34/c1-15(2)18(6)12-19(16(3)4)13-20-14-21(22(7,8)9)11-10-17(20)5/h12-13,21H,1,5,10-11,14H2,2-4,6-9H3/b18-12+,20-13-. The average Bonchev–Trinajstić information content (AvgIpc) is 2.38. The summed E-state index contributed by atoms with van der Waals surface area (Å²) < 4.78 is 0. The highest BCUT2D eigenvalue weighted by molar-refractivity contribution is 5.46. The van der Waals surface area contributed by atoms with Crippen molar-refractivity contribution in [2.75, 3.05) is 0 Å². The van der Waals surface area contributed by atoms with Gasteiger partial charge in [0.25, 0.3) is 0 Å². The fourth-order valence-electron chi connectivity index (χ4n) is 2.80. The molecule has 0 nitrogen and oxygen atoms in total. The smallest absolute Gasteiger partial charge is 0.0243 e. The molecule has 22 heavy (non-hydrogen) atoms. The number of rotatable bonds is 3. The minimum absolute atomic E-state index is 0.369. The van der Waals surface area contributed by atoms with E-state index in [0.29, 0.717) is 5.41 Å². The zero-order chi connectivity index (χ0) is 17.1. The zero-order valence-corrected chi connectivity index (χ0v) is 15.8. The highest BCUT2D eigenvalue weighted by Crippen LogP contribution is 2.42. The lowest BCUT2D eigenvalue weighted by molar-refractivity contribution is 0.215. The van der Waals surface area contributed by atoms with Crippen LogP contribution in [0.15, 0.2) is 58.7 Å². The maximum absolute atomic E-state index is 4.31. The van der Waals surface area contributed by atoms with Crippen LogP contribution in [0.3, 0.4) is 0 Å². The monoisotopic (exact) mass is 298 g/mol. The fourth-order valence-corrected chi connectivity index (χ4v) is 2.80. The molecule has 0 aliphatic heterocycles. The van der Waals surface area contributed by atoms with Gasteiger partial charge in [0.15, 0.2) is 0 Å². The third-order valence-electron chi connectivity index (χ3n) is 4.89. The Labute approximate surface area is 138 Å². The first kappa shape index (κ1) is 18.7. The highest BCUT2D eigenvalue weighted by Gasteiger charge is 2.29. The molecule has 0 radical (unpaired) electrons. The summed E-state index contributed by atoms with van der Waals surface area (Å²) in [4.78, 5) is 0. The van der Waals surface area contributed by atoms with Gasteiger partial charge < -0.3 is 0 Å². The number of hydrogen-bond donors (Lipinski definition) is 0. The third kappa shape index (κ3) is 5.16. The van der Waals surface area contributed by atoms with E-state index < -0.39 is 0 Å². The van der Waals surface area contributed by atoms with E-state index in [2.05, 4.69) is 73.8 Å².